The molecule has 0 unspecified atom stereocenters. The normalized spacial score (nSPS) is 19.2. The highest BCUT2D eigenvalue weighted by atomic mass is 32.2. The van der Waals surface area contributed by atoms with Crippen molar-refractivity contribution in [1.29, 1.82) is 0 Å². The Morgan fingerprint density at radius 2 is 2.00 bits per heavy atom. The maximum Gasteiger partial charge on any atom is 0.214 e. The molecule has 0 aromatic carbocycles. The zero-order valence-corrected chi connectivity index (χ0v) is 7.82. The van der Waals surface area contributed by atoms with Crippen molar-refractivity contribution in [3.63, 3.8) is 0 Å². The molecule has 0 atom stereocenters. The number of hydrogen-bond donors (Lipinski definition) is 1. The van der Waals surface area contributed by atoms with E-state index in [2.05, 4.69) is 4.72 Å². The van der Waals surface area contributed by atoms with Crippen molar-refractivity contribution in [3.8, 4) is 0 Å². The summed E-state index contributed by atoms with van der Waals surface area (Å²) in [4.78, 5) is 0. The summed E-state index contributed by atoms with van der Waals surface area (Å²) in [5.41, 5.74) is 0. The molecule has 0 aliphatic heterocycles. The van der Waals surface area contributed by atoms with Gasteiger partial charge in [0.1, 0.15) is 0 Å². The predicted octanol–water partition coefficient (Wildman–Crippen LogP) is 0.724. The van der Waals surface area contributed by atoms with Gasteiger partial charge in [0.2, 0.25) is 10.0 Å². The lowest BCUT2D eigenvalue weighted by molar-refractivity contribution is 0.559. The zero-order chi connectivity index (χ0) is 8.48. The molecule has 1 rings (SSSR count). The van der Waals surface area contributed by atoms with Gasteiger partial charge in [-0.25, -0.2) is 13.1 Å². The van der Waals surface area contributed by atoms with E-state index < -0.39 is 10.0 Å². The van der Waals surface area contributed by atoms with Crippen LogP contribution >= 0.6 is 0 Å². The van der Waals surface area contributed by atoms with Crippen molar-refractivity contribution >= 4 is 10.0 Å². The predicted molar refractivity (Wildman–Crippen MR) is 44.8 cm³/mol. The molecule has 11 heavy (non-hydrogen) atoms. The van der Waals surface area contributed by atoms with Crippen LogP contribution in [0.5, 0.6) is 0 Å². The summed E-state index contributed by atoms with van der Waals surface area (Å²) in [6, 6.07) is 0. The average molecular weight is 177 g/mol. The molecule has 0 aromatic heterocycles. The molecule has 0 bridgehead atoms. The lowest BCUT2D eigenvalue weighted by Gasteiger charge is -2.06. The minimum absolute atomic E-state index is 0.0822. The molecule has 0 aromatic rings. The van der Waals surface area contributed by atoms with Crippen molar-refractivity contribution in [2.45, 2.75) is 31.9 Å². The molecule has 1 N–H and O–H groups in total. The van der Waals surface area contributed by atoms with Crippen LogP contribution in [-0.2, 0) is 10.0 Å². The van der Waals surface area contributed by atoms with E-state index in [4.69, 9.17) is 0 Å². The third kappa shape index (κ3) is 2.79. The summed E-state index contributed by atoms with van der Waals surface area (Å²) in [5, 5.41) is -0.0822. The molecule has 1 aliphatic rings. The second-order valence-corrected chi connectivity index (χ2v) is 5.53. The average Bonchev–Trinajstić information content (AvgIpc) is 2.64. The Morgan fingerprint density at radius 3 is 2.36 bits per heavy atom. The molecule has 0 radical (unpaired) electrons. The van der Waals surface area contributed by atoms with Gasteiger partial charge in [0.25, 0.3) is 0 Å². The topological polar surface area (TPSA) is 46.2 Å². The van der Waals surface area contributed by atoms with Gasteiger partial charge in [-0.05, 0) is 18.8 Å². The van der Waals surface area contributed by atoms with Crippen LogP contribution in [0.4, 0.5) is 0 Å². The van der Waals surface area contributed by atoms with Crippen LogP contribution in [0, 0.1) is 5.92 Å². The fourth-order valence-corrected chi connectivity index (χ4v) is 2.34. The Labute approximate surface area is 68.2 Å². The summed E-state index contributed by atoms with van der Waals surface area (Å²) < 4.78 is 25.0. The van der Waals surface area contributed by atoms with Gasteiger partial charge in [-0.1, -0.05) is 13.8 Å². The molecule has 0 saturated heterocycles. The number of nitrogens with one attached hydrogen (secondary N) is 1. The summed E-state index contributed by atoms with van der Waals surface area (Å²) in [7, 11) is -2.93. The summed E-state index contributed by atoms with van der Waals surface area (Å²) in [5.74, 6) is 0.392. The third-order valence-electron chi connectivity index (χ3n) is 1.66. The Bertz CT molecular complexity index is 217. The molecule has 0 spiro atoms. The third-order valence-corrected chi connectivity index (χ3v) is 3.57. The molecule has 0 heterocycles. The molecule has 4 heteroatoms. The van der Waals surface area contributed by atoms with Crippen molar-refractivity contribution in [2.75, 3.05) is 6.54 Å². The number of rotatable bonds is 4. The van der Waals surface area contributed by atoms with E-state index in [0.717, 1.165) is 12.8 Å². The van der Waals surface area contributed by atoms with E-state index >= 15 is 0 Å². The van der Waals surface area contributed by atoms with Crippen LogP contribution in [0.2, 0.25) is 0 Å². The summed E-state index contributed by atoms with van der Waals surface area (Å²) in [6.07, 6.45) is 1.68. The second-order valence-electron chi connectivity index (χ2n) is 3.49. The molecule has 3 nitrogen and oxygen atoms in total. The fraction of sp³-hybridized carbons (Fsp3) is 1.00. The van der Waals surface area contributed by atoms with E-state index in [9.17, 15) is 8.42 Å². The van der Waals surface area contributed by atoms with Crippen LogP contribution in [-0.4, -0.2) is 20.2 Å². The lowest BCUT2D eigenvalue weighted by atomic mass is 10.2. The van der Waals surface area contributed by atoms with Gasteiger partial charge in [-0.15, -0.1) is 0 Å². The highest BCUT2D eigenvalue weighted by Gasteiger charge is 2.35. The number of hydrogen-bond acceptors (Lipinski definition) is 2. The largest absolute Gasteiger partial charge is 0.215 e. The van der Waals surface area contributed by atoms with E-state index in [-0.39, 0.29) is 5.25 Å². The van der Waals surface area contributed by atoms with Crippen LogP contribution in [0.3, 0.4) is 0 Å². The smallest absolute Gasteiger partial charge is 0.214 e. The van der Waals surface area contributed by atoms with E-state index in [1.807, 2.05) is 13.8 Å². The van der Waals surface area contributed by atoms with Crippen molar-refractivity contribution < 1.29 is 8.42 Å². The minimum atomic E-state index is -2.93. The van der Waals surface area contributed by atoms with Gasteiger partial charge in [-0.2, -0.15) is 0 Å². The maximum atomic E-state index is 11.2. The summed E-state index contributed by atoms with van der Waals surface area (Å²) in [6.45, 7) is 4.56. The highest BCUT2D eigenvalue weighted by Crippen LogP contribution is 2.27. The molecule has 1 fully saturated rings. The maximum absolute atomic E-state index is 11.2. The van der Waals surface area contributed by atoms with E-state index in [0.29, 0.717) is 12.5 Å². The van der Waals surface area contributed by atoms with Gasteiger partial charge in [0.15, 0.2) is 0 Å². The first-order valence-electron chi connectivity index (χ1n) is 4.01. The Kier molecular flexibility index (Phi) is 2.54. The number of sulfonamides is 1. The van der Waals surface area contributed by atoms with Gasteiger partial charge < -0.3 is 0 Å². The monoisotopic (exact) mass is 177 g/mol. The molecule has 1 saturated carbocycles. The van der Waals surface area contributed by atoms with E-state index in [1.54, 1.807) is 0 Å². The van der Waals surface area contributed by atoms with Crippen LogP contribution < -0.4 is 4.72 Å². The second kappa shape index (κ2) is 3.11. The molecule has 66 valence electrons. The van der Waals surface area contributed by atoms with E-state index in [1.165, 1.54) is 0 Å². The zero-order valence-electron chi connectivity index (χ0n) is 7.00. The Hall–Kier alpha value is -0.0900. The first-order chi connectivity index (χ1) is 5.02. The molecule has 1 aliphatic carbocycles. The Morgan fingerprint density at radius 1 is 1.45 bits per heavy atom. The van der Waals surface area contributed by atoms with Crippen molar-refractivity contribution in [1.82, 2.24) is 4.72 Å². The summed E-state index contributed by atoms with van der Waals surface area (Å²) >= 11 is 0. The Balaban J connectivity index is 2.35. The fourth-order valence-electron chi connectivity index (χ4n) is 0.779. The molecular weight excluding hydrogens is 162 g/mol. The van der Waals surface area contributed by atoms with Crippen molar-refractivity contribution in [3.05, 3.63) is 0 Å². The SMILES string of the molecule is CC(C)CNS(=O)(=O)C1CC1. The van der Waals surface area contributed by atoms with Crippen LogP contribution in [0.1, 0.15) is 26.7 Å². The van der Waals surface area contributed by atoms with Gasteiger partial charge in [0.05, 0.1) is 5.25 Å². The van der Waals surface area contributed by atoms with Crippen LogP contribution in [0.25, 0.3) is 0 Å². The highest BCUT2D eigenvalue weighted by molar-refractivity contribution is 7.90. The van der Waals surface area contributed by atoms with Gasteiger partial charge in [0, 0.05) is 6.54 Å². The first-order valence-corrected chi connectivity index (χ1v) is 5.55. The standard InChI is InChI=1S/C7H15NO2S/c1-6(2)5-8-11(9,10)7-3-4-7/h6-8H,3-5H2,1-2H3. The first kappa shape index (κ1) is 9.00. The lowest BCUT2D eigenvalue weighted by Crippen LogP contribution is -2.30. The van der Waals surface area contributed by atoms with Gasteiger partial charge >= 0.3 is 0 Å². The molecule has 0 amide bonds. The molecular formula is C7H15NO2S. The quantitative estimate of drug-likeness (QED) is 0.688. The van der Waals surface area contributed by atoms with Crippen LogP contribution in [0.15, 0.2) is 0 Å². The van der Waals surface area contributed by atoms with Gasteiger partial charge in [-0.3, -0.25) is 0 Å². The van der Waals surface area contributed by atoms with Crippen molar-refractivity contribution in [2.24, 2.45) is 5.92 Å². The minimum Gasteiger partial charge on any atom is -0.215 e.